The zero-order valence-electron chi connectivity index (χ0n) is 7.15. The second-order valence-corrected chi connectivity index (χ2v) is 3.87. The van der Waals surface area contributed by atoms with Gasteiger partial charge in [0, 0.05) is 0 Å². The van der Waals surface area contributed by atoms with Gasteiger partial charge in [-0.05, 0) is 6.42 Å². The monoisotopic (exact) mass is 198 g/mol. The second-order valence-electron chi connectivity index (χ2n) is 2.19. The zero-order valence-corrected chi connectivity index (χ0v) is 7.97. The maximum absolute atomic E-state index is 10.8. The van der Waals surface area contributed by atoms with E-state index < -0.39 is 10.1 Å². The lowest BCUT2D eigenvalue weighted by Crippen LogP contribution is -2.09. The van der Waals surface area contributed by atoms with E-state index in [-0.39, 0.29) is 17.1 Å². The average Bonchev–Trinajstić information content (AvgIpc) is 1.87. The van der Waals surface area contributed by atoms with E-state index in [4.69, 9.17) is 0 Å². The van der Waals surface area contributed by atoms with Gasteiger partial charge in [-0.2, -0.15) is 8.42 Å². The van der Waals surface area contributed by atoms with Crippen LogP contribution in [0, 0.1) is 0 Å². The van der Waals surface area contributed by atoms with Crippen LogP contribution in [0.2, 0.25) is 0 Å². The van der Waals surface area contributed by atoms with E-state index in [1.807, 2.05) is 6.92 Å². The van der Waals surface area contributed by atoms with Crippen LogP contribution in [0.1, 0.15) is 19.8 Å². The zero-order chi connectivity index (χ0) is 8.74. The molecular weight excluding hydrogens is 183 g/mol. The fourth-order valence-electron chi connectivity index (χ4n) is 0.523. The molecule has 74 valence electrons. The molecule has 5 heteroatoms. The lowest BCUT2D eigenvalue weighted by atomic mass is 10.4. The molecule has 3 nitrogen and oxygen atoms in total. The number of hydrogen-bond donors (Lipinski definition) is 0. The molecule has 0 fully saturated rings. The Morgan fingerprint density at radius 2 is 2.08 bits per heavy atom. The van der Waals surface area contributed by atoms with Gasteiger partial charge in [0.15, 0.2) is 0 Å². The Labute approximate surface area is 72.9 Å². The van der Waals surface area contributed by atoms with Gasteiger partial charge in [-0.3, -0.25) is 8.89 Å². The molecule has 0 aliphatic heterocycles. The molecule has 0 aromatic rings. The Balaban J connectivity index is 0. The first kappa shape index (κ1) is 14.1. The summed E-state index contributed by atoms with van der Waals surface area (Å²) in [6, 6.07) is 0. The van der Waals surface area contributed by atoms with Crippen LogP contribution in [0.5, 0.6) is 0 Å². The molecule has 12 heavy (non-hydrogen) atoms. The Hall–Kier alpha value is -0.420. The predicted molar refractivity (Wildman–Crippen MR) is 47.3 cm³/mol. The predicted octanol–water partition coefficient (Wildman–Crippen LogP) is 1.47. The molecule has 0 saturated carbocycles. The topological polar surface area (TPSA) is 43.4 Å². The molecule has 0 atom stereocenters. The minimum Gasteiger partial charge on any atom is -0.270 e. The molecule has 0 aliphatic rings. The number of halogens is 1. The molecule has 0 rings (SSSR count). The molecular formula is C7H15FO3S. The van der Waals surface area contributed by atoms with E-state index in [1.54, 1.807) is 0 Å². The third kappa shape index (κ3) is 7.68. The van der Waals surface area contributed by atoms with Crippen LogP contribution < -0.4 is 0 Å². The highest BCUT2D eigenvalue weighted by atomic mass is 32.2. The van der Waals surface area contributed by atoms with Crippen LogP contribution in [0.3, 0.4) is 0 Å². The Morgan fingerprint density at radius 1 is 1.50 bits per heavy atom. The number of rotatable bonds is 6. The summed E-state index contributed by atoms with van der Waals surface area (Å²) in [6.07, 6.45) is 3.03. The van der Waals surface area contributed by atoms with E-state index in [1.165, 1.54) is 6.08 Å². The molecule has 0 saturated heterocycles. The smallest absolute Gasteiger partial charge is 0.270 e. The lowest BCUT2D eigenvalue weighted by Gasteiger charge is -2.00. The fourth-order valence-corrected chi connectivity index (χ4v) is 1.28. The Kier molecular flexibility index (Phi) is 8.52. The normalized spacial score (nSPS) is 10.4. The van der Waals surface area contributed by atoms with Gasteiger partial charge in [0.2, 0.25) is 0 Å². The van der Waals surface area contributed by atoms with Crippen molar-refractivity contribution in [1.29, 1.82) is 0 Å². The van der Waals surface area contributed by atoms with E-state index in [2.05, 4.69) is 10.8 Å². The Morgan fingerprint density at radius 3 is 2.50 bits per heavy atom. The van der Waals surface area contributed by atoms with Crippen molar-refractivity contribution in [2.24, 2.45) is 0 Å². The van der Waals surface area contributed by atoms with Crippen LogP contribution in [-0.4, -0.2) is 20.8 Å². The highest BCUT2D eigenvalue weighted by Gasteiger charge is 2.06. The molecule has 0 spiro atoms. The lowest BCUT2D eigenvalue weighted by molar-refractivity contribution is 0.312. The van der Waals surface area contributed by atoms with Crippen LogP contribution in [0.25, 0.3) is 0 Å². The standard InChI is InChI=1S/C7H14O3S.FH/c1-3-5-6-10-11(8,9)7-4-2;/h4H,2-3,5-7H2,1H3;1H. The summed E-state index contributed by atoms with van der Waals surface area (Å²) >= 11 is 0. The largest absolute Gasteiger partial charge is 0.270 e. The van der Waals surface area contributed by atoms with Gasteiger partial charge in [-0.25, -0.2) is 0 Å². The summed E-state index contributed by atoms with van der Waals surface area (Å²) < 4.78 is 26.2. The molecule has 0 aromatic heterocycles. The summed E-state index contributed by atoms with van der Waals surface area (Å²) in [6.45, 7) is 5.58. The SMILES string of the molecule is C=CCS(=O)(=O)OCCCC.F. The quantitative estimate of drug-likeness (QED) is 0.369. The van der Waals surface area contributed by atoms with Crippen LogP contribution >= 0.6 is 0 Å². The maximum atomic E-state index is 10.8. The molecule has 0 N–H and O–H groups in total. The highest BCUT2D eigenvalue weighted by Crippen LogP contribution is 1.96. The van der Waals surface area contributed by atoms with Gasteiger partial charge < -0.3 is 0 Å². The average molecular weight is 198 g/mol. The minimum atomic E-state index is -3.32. The molecule has 0 aliphatic carbocycles. The summed E-state index contributed by atoms with van der Waals surface area (Å²) in [4.78, 5) is 0. The van der Waals surface area contributed by atoms with Crippen molar-refractivity contribution in [3.8, 4) is 0 Å². The second kappa shape index (κ2) is 7.24. The third-order valence-corrected chi connectivity index (χ3v) is 2.25. The van der Waals surface area contributed by atoms with Crippen molar-refractivity contribution < 1.29 is 17.3 Å². The number of unbranched alkanes of at least 4 members (excludes halogenated alkanes) is 1. The van der Waals surface area contributed by atoms with E-state index >= 15 is 0 Å². The van der Waals surface area contributed by atoms with Gasteiger partial charge in [0.25, 0.3) is 10.1 Å². The molecule has 0 bridgehead atoms. The molecule has 0 aromatic carbocycles. The van der Waals surface area contributed by atoms with Crippen LogP contribution in [0.4, 0.5) is 4.70 Å². The van der Waals surface area contributed by atoms with Gasteiger partial charge in [-0.1, -0.05) is 19.4 Å². The van der Waals surface area contributed by atoms with Gasteiger partial charge in [-0.15, -0.1) is 6.58 Å². The summed E-state index contributed by atoms with van der Waals surface area (Å²) in [5.74, 6) is -0.100. The molecule has 0 radical (unpaired) electrons. The third-order valence-electron chi connectivity index (χ3n) is 1.08. The van der Waals surface area contributed by atoms with Gasteiger partial charge >= 0.3 is 0 Å². The van der Waals surface area contributed by atoms with E-state index in [0.717, 1.165) is 12.8 Å². The van der Waals surface area contributed by atoms with Crippen LogP contribution in [-0.2, 0) is 14.3 Å². The van der Waals surface area contributed by atoms with Crippen molar-refractivity contribution in [2.75, 3.05) is 12.4 Å². The van der Waals surface area contributed by atoms with Gasteiger partial charge in [0.1, 0.15) is 0 Å². The summed E-state index contributed by atoms with van der Waals surface area (Å²) in [5.41, 5.74) is 0. The number of hydrogen-bond acceptors (Lipinski definition) is 3. The highest BCUT2D eigenvalue weighted by molar-refractivity contribution is 7.86. The Bertz CT molecular complexity index is 199. The minimum absolute atomic E-state index is 0. The van der Waals surface area contributed by atoms with E-state index in [0.29, 0.717) is 0 Å². The fraction of sp³-hybridized carbons (Fsp3) is 0.714. The molecule has 0 unspecified atom stereocenters. The van der Waals surface area contributed by atoms with Crippen LogP contribution in [0.15, 0.2) is 12.7 Å². The van der Waals surface area contributed by atoms with Crippen molar-refractivity contribution in [3.05, 3.63) is 12.7 Å². The van der Waals surface area contributed by atoms with E-state index in [9.17, 15) is 8.42 Å². The first-order chi connectivity index (χ1) is 5.12. The van der Waals surface area contributed by atoms with Crippen molar-refractivity contribution in [3.63, 3.8) is 0 Å². The van der Waals surface area contributed by atoms with Crippen molar-refractivity contribution in [2.45, 2.75) is 19.8 Å². The molecule has 0 amide bonds. The van der Waals surface area contributed by atoms with Crippen molar-refractivity contribution in [1.82, 2.24) is 0 Å². The first-order valence-corrected chi connectivity index (χ1v) is 5.18. The first-order valence-electron chi connectivity index (χ1n) is 3.60. The van der Waals surface area contributed by atoms with Crippen molar-refractivity contribution >= 4 is 10.1 Å². The maximum Gasteiger partial charge on any atom is 0.270 e. The summed E-state index contributed by atoms with van der Waals surface area (Å²) in [7, 11) is -3.32. The summed E-state index contributed by atoms with van der Waals surface area (Å²) in [5, 5.41) is 0. The van der Waals surface area contributed by atoms with Gasteiger partial charge in [0.05, 0.1) is 12.4 Å². The molecule has 0 heterocycles.